The lowest BCUT2D eigenvalue weighted by molar-refractivity contribution is -0.116. The average Bonchev–Trinajstić information content (AvgIpc) is 2.65. The summed E-state index contributed by atoms with van der Waals surface area (Å²) in [5.74, 6) is -0.358. The lowest BCUT2D eigenvalue weighted by Gasteiger charge is -2.12. The Morgan fingerprint density at radius 1 is 1.11 bits per heavy atom. The molecule has 0 spiro atoms. The summed E-state index contributed by atoms with van der Waals surface area (Å²) in [6.07, 6.45) is 0.740. The molecule has 2 aromatic rings. The number of benzene rings is 2. The van der Waals surface area contributed by atoms with Crippen LogP contribution in [-0.4, -0.2) is 29.2 Å². The van der Waals surface area contributed by atoms with Gasteiger partial charge in [-0.15, -0.1) is 0 Å². The molecule has 0 aliphatic heterocycles. The Kier molecular flexibility index (Phi) is 7.43. The van der Waals surface area contributed by atoms with Crippen LogP contribution in [0, 0.1) is 0 Å². The second-order valence-corrected chi connectivity index (χ2v) is 6.97. The number of rotatable bonds is 8. The number of anilines is 1. The molecule has 0 bridgehead atoms. The Hall–Kier alpha value is -2.80. The highest BCUT2D eigenvalue weighted by Gasteiger charge is 2.12. The molecule has 1 amide bonds. The van der Waals surface area contributed by atoms with Gasteiger partial charge >= 0.3 is 5.97 Å². The molecule has 6 nitrogen and oxygen atoms in total. The zero-order valence-corrected chi connectivity index (χ0v) is 16.0. The molecule has 27 heavy (non-hydrogen) atoms. The minimum Gasteiger partial charge on any atom is -0.495 e. The molecule has 0 fully saturated rings. The maximum absolute atomic E-state index is 12.3. The molecule has 2 aromatic carbocycles. The van der Waals surface area contributed by atoms with Gasteiger partial charge in [-0.2, -0.15) is 0 Å². The first-order valence-corrected chi connectivity index (χ1v) is 9.30. The van der Waals surface area contributed by atoms with Gasteiger partial charge < -0.3 is 15.2 Å². The van der Waals surface area contributed by atoms with Crippen molar-refractivity contribution in [2.45, 2.75) is 25.5 Å². The summed E-state index contributed by atoms with van der Waals surface area (Å²) in [5.41, 5.74) is 2.42. The predicted molar refractivity (Wildman–Crippen MR) is 105 cm³/mol. The van der Waals surface area contributed by atoms with E-state index in [1.807, 2.05) is 24.3 Å². The van der Waals surface area contributed by atoms with Crippen molar-refractivity contribution >= 4 is 34.4 Å². The van der Waals surface area contributed by atoms with E-state index in [0.29, 0.717) is 23.6 Å². The largest absolute Gasteiger partial charge is 0.495 e. The van der Waals surface area contributed by atoms with Crippen LogP contribution in [0.2, 0.25) is 0 Å². The standard InChI is InChI=1S/C20H21NO5S/c1-13(22)27-12-16-6-4-3-5-14(16)8-10-19(23)21-17-11-15(20(24)25)7-9-18(17)26-2/h3-7,9,11H,8,10,12H2,1-2H3,(H,21,23)(H,24,25). The maximum Gasteiger partial charge on any atom is 0.335 e. The predicted octanol–water partition coefficient (Wildman–Crippen LogP) is 3.74. The van der Waals surface area contributed by atoms with Gasteiger partial charge in [0.1, 0.15) is 5.75 Å². The van der Waals surface area contributed by atoms with Crippen LogP contribution in [0.3, 0.4) is 0 Å². The summed E-state index contributed by atoms with van der Waals surface area (Å²) >= 11 is 1.23. The fourth-order valence-electron chi connectivity index (χ4n) is 2.52. The molecule has 0 atom stereocenters. The van der Waals surface area contributed by atoms with E-state index in [-0.39, 0.29) is 23.0 Å². The second-order valence-electron chi connectivity index (χ2n) is 5.82. The number of hydrogen-bond acceptors (Lipinski definition) is 5. The third-order valence-corrected chi connectivity index (χ3v) is 4.75. The van der Waals surface area contributed by atoms with E-state index in [1.165, 1.54) is 44.0 Å². The number of hydrogen-bond donors (Lipinski definition) is 2. The van der Waals surface area contributed by atoms with E-state index in [4.69, 9.17) is 9.84 Å². The first-order chi connectivity index (χ1) is 12.9. The quantitative estimate of drug-likeness (QED) is 0.717. The van der Waals surface area contributed by atoms with Crippen LogP contribution in [0.15, 0.2) is 42.5 Å². The Balaban J connectivity index is 2.04. The third-order valence-electron chi connectivity index (χ3n) is 3.89. The lowest BCUT2D eigenvalue weighted by atomic mass is 10.0. The number of nitrogens with one attached hydrogen (secondary N) is 1. The average molecular weight is 387 g/mol. The van der Waals surface area contributed by atoms with Gasteiger partial charge in [0.05, 0.1) is 18.4 Å². The lowest BCUT2D eigenvalue weighted by Crippen LogP contribution is -2.14. The summed E-state index contributed by atoms with van der Waals surface area (Å²) in [4.78, 5) is 34.6. The highest BCUT2D eigenvalue weighted by Crippen LogP contribution is 2.26. The summed E-state index contributed by atoms with van der Waals surface area (Å²) < 4.78 is 5.17. The number of carboxylic acid groups (broad SMARTS) is 1. The summed E-state index contributed by atoms with van der Waals surface area (Å²) in [6.45, 7) is 1.53. The van der Waals surface area contributed by atoms with E-state index in [1.54, 1.807) is 0 Å². The molecule has 0 saturated heterocycles. The smallest absolute Gasteiger partial charge is 0.335 e. The molecule has 0 heterocycles. The van der Waals surface area contributed by atoms with E-state index < -0.39 is 5.97 Å². The highest BCUT2D eigenvalue weighted by molar-refractivity contribution is 8.12. The van der Waals surface area contributed by atoms with E-state index in [9.17, 15) is 14.4 Å². The molecule has 0 aliphatic carbocycles. The molecule has 2 N–H and O–H groups in total. The molecule has 0 saturated carbocycles. The summed E-state index contributed by atoms with van der Waals surface area (Å²) in [6, 6.07) is 12.0. The van der Waals surface area contributed by atoms with Gasteiger partial charge in [0, 0.05) is 19.1 Å². The van der Waals surface area contributed by atoms with Crippen molar-refractivity contribution in [3.8, 4) is 5.75 Å². The van der Waals surface area contributed by atoms with Crippen LogP contribution in [0.5, 0.6) is 5.75 Å². The van der Waals surface area contributed by atoms with Crippen LogP contribution >= 0.6 is 11.8 Å². The Labute approximate surface area is 161 Å². The number of ether oxygens (including phenoxy) is 1. The number of amides is 1. The maximum atomic E-state index is 12.3. The first kappa shape index (κ1) is 20.5. The number of aromatic carboxylic acids is 1. The molecule has 2 rings (SSSR count). The van der Waals surface area contributed by atoms with Crippen molar-refractivity contribution < 1.29 is 24.2 Å². The van der Waals surface area contributed by atoms with Crippen LogP contribution in [0.25, 0.3) is 0 Å². The van der Waals surface area contributed by atoms with Gasteiger partial charge in [0.25, 0.3) is 0 Å². The number of thioether (sulfide) groups is 1. The van der Waals surface area contributed by atoms with Crippen LogP contribution in [-0.2, 0) is 21.8 Å². The number of aryl methyl sites for hydroxylation is 1. The highest BCUT2D eigenvalue weighted by atomic mass is 32.2. The molecule has 0 aromatic heterocycles. The molecular weight excluding hydrogens is 366 g/mol. The van der Waals surface area contributed by atoms with Crippen molar-refractivity contribution in [1.29, 1.82) is 0 Å². The fourth-order valence-corrected chi connectivity index (χ4v) is 3.16. The van der Waals surface area contributed by atoms with Crippen molar-refractivity contribution in [3.05, 3.63) is 59.2 Å². The number of carbonyl (C=O) groups is 3. The molecule has 0 unspecified atom stereocenters. The van der Waals surface area contributed by atoms with Gasteiger partial charge in [-0.05, 0) is 35.7 Å². The Bertz CT molecular complexity index is 850. The number of methoxy groups -OCH3 is 1. The molecule has 0 radical (unpaired) electrons. The SMILES string of the molecule is COc1ccc(C(=O)O)cc1NC(=O)CCc1ccccc1CSC(C)=O. The molecular formula is C20H21NO5S. The van der Waals surface area contributed by atoms with Crippen molar-refractivity contribution in [2.75, 3.05) is 12.4 Å². The van der Waals surface area contributed by atoms with Crippen molar-refractivity contribution in [3.63, 3.8) is 0 Å². The van der Waals surface area contributed by atoms with E-state index in [2.05, 4.69) is 5.32 Å². The van der Waals surface area contributed by atoms with Gasteiger partial charge in [0.2, 0.25) is 5.91 Å². The molecule has 7 heteroatoms. The Morgan fingerprint density at radius 3 is 2.44 bits per heavy atom. The third kappa shape index (κ3) is 6.14. The monoisotopic (exact) mass is 387 g/mol. The zero-order valence-electron chi connectivity index (χ0n) is 15.2. The van der Waals surface area contributed by atoms with Crippen LogP contribution < -0.4 is 10.1 Å². The topological polar surface area (TPSA) is 92.7 Å². The van der Waals surface area contributed by atoms with Crippen molar-refractivity contribution in [2.24, 2.45) is 0 Å². The minimum atomic E-state index is -1.08. The minimum absolute atomic E-state index is 0.0490. The second kappa shape index (κ2) is 9.78. The van der Waals surface area contributed by atoms with E-state index >= 15 is 0 Å². The van der Waals surface area contributed by atoms with Gasteiger partial charge in [-0.25, -0.2) is 4.79 Å². The molecule has 0 aliphatic rings. The summed E-state index contributed by atoms with van der Waals surface area (Å²) in [5, 5.41) is 11.9. The van der Waals surface area contributed by atoms with Crippen molar-refractivity contribution in [1.82, 2.24) is 0 Å². The fraction of sp³-hybridized carbons (Fsp3) is 0.250. The molecule has 142 valence electrons. The zero-order chi connectivity index (χ0) is 19.8. The number of carboxylic acids is 1. The van der Waals surface area contributed by atoms with Crippen LogP contribution in [0.4, 0.5) is 5.69 Å². The van der Waals surface area contributed by atoms with Gasteiger partial charge in [-0.1, -0.05) is 36.0 Å². The van der Waals surface area contributed by atoms with Crippen LogP contribution in [0.1, 0.15) is 34.8 Å². The van der Waals surface area contributed by atoms with E-state index in [0.717, 1.165) is 11.1 Å². The van der Waals surface area contributed by atoms with Gasteiger partial charge in [-0.3, -0.25) is 9.59 Å². The summed E-state index contributed by atoms with van der Waals surface area (Å²) in [7, 11) is 1.45. The Morgan fingerprint density at radius 2 is 1.81 bits per heavy atom. The number of carbonyl (C=O) groups excluding carboxylic acids is 2. The normalized spacial score (nSPS) is 10.3. The first-order valence-electron chi connectivity index (χ1n) is 8.32. The van der Waals surface area contributed by atoms with Gasteiger partial charge in [0.15, 0.2) is 5.12 Å².